The van der Waals surface area contributed by atoms with Gasteiger partial charge in [-0.3, -0.25) is 4.90 Å². The molecule has 23 heavy (non-hydrogen) atoms. The van der Waals surface area contributed by atoms with Crippen molar-refractivity contribution >= 4 is 0 Å². The van der Waals surface area contributed by atoms with E-state index in [1.807, 2.05) is 0 Å². The summed E-state index contributed by atoms with van der Waals surface area (Å²) >= 11 is 0. The average Bonchev–Trinajstić information content (AvgIpc) is 2.81. The number of nitrogens with zero attached hydrogens (tertiary/aromatic N) is 1. The standard InChI is InChI=1S/C22H29N/c1-2-3-4-5-6-8-13-20-16-21-14-15-22(17-20)23(21)18-19-11-9-7-10-12-19/h7,9-12,16,21-22H,2-5,13-15,17-18H2,1H3. The van der Waals surface area contributed by atoms with Gasteiger partial charge in [0.25, 0.3) is 0 Å². The molecule has 2 aliphatic rings. The SMILES string of the molecule is CCCCCC#CCC1=CC2CCC(C1)N2Cc1ccccc1. The van der Waals surface area contributed by atoms with Crippen LogP contribution in [0.25, 0.3) is 0 Å². The summed E-state index contributed by atoms with van der Waals surface area (Å²) < 4.78 is 0. The van der Waals surface area contributed by atoms with Crippen molar-refractivity contribution < 1.29 is 0 Å². The molecule has 1 saturated heterocycles. The van der Waals surface area contributed by atoms with Crippen LogP contribution >= 0.6 is 0 Å². The average molecular weight is 307 g/mol. The Bertz CT molecular complexity index is 575. The van der Waals surface area contributed by atoms with Gasteiger partial charge < -0.3 is 0 Å². The molecule has 1 aromatic carbocycles. The Morgan fingerprint density at radius 3 is 2.74 bits per heavy atom. The second-order valence-electron chi connectivity index (χ2n) is 6.97. The van der Waals surface area contributed by atoms with Crippen molar-refractivity contribution in [3.63, 3.8) is 0 Å². The van der Waals surface area contributed by atoms with Crippen molar-refractivity contribution in [3.05, 3.63) is 47.5 Å². The molecule has 0 saturated carbocycles. The first-order chi connectivity index (χ1) is 11.4. The molecular formula is C22H29N. The minimum absolute atomic E-state index is 0.644. The molecule has 0 aliphatic carbocycles. The minimum atomic E-state index is 0.644. The summed E-state index contributed by atoms with van der Waals surface area (Å²) in [5.41, 5.74) is 3.03. The van der Waals surface area contributed by atoms with Gasteiger partial charge in [-0.2, -0.15) is 0 Å². The minimum Gasteiger partial charge on any atom is -0.289 e. The predicted octanol–water partition coefficient (Wildman–Crippen LogP) is 5.32. The van der Waals surface area contributed by atoms with Gasteiger partial charge in [0.2, 0.25) is 0 Å². The van der Waals surface area contributed by atoms with Crippen LogP contribution < -0.4 is 0 Å². The molecule has 0 aromatic heterocycles. The van der Waals surface area contributed by atoms with Crippen molar-refractivity contribution in [3.8, 4) is 11.8 Å². The number of hydrogen-bond acceptors (Lipinski definition) is 1. The maximum Gasteiger partial charge on any atom is 0.0300 e. The zero-order valence-electron chi connectivity index (χ0n) is 14.4. The quantitative estimate of drug-likeness (QED) is 0.390. The van der Waals surface area contributed by atoms with Gasteiger partial charge in [-0.05, 0) is 31.2 Å². The molecule has 1 aromatic rings. The molecule has 2 atom stereocenters. The molecule has 122 valence electrons. The summed E-state index contributed by atoms with van der Waals surface area (Å²) in [6.45, 7) is 3.35. The van der Waals surface area contributed by atoms with Crippen molar-refractivity contribution in [2.24, 2.45) is 0 Å². The first-order valence-electron chi connectivity index (χ1n) is 9.31. The largest absolute Gasteiger partial charge is 0.289 e. The van der Waals surface area contributed by atoms with E-state index in [1.165, 1.54) is 44.1 Å². The lowest BCUT2D eigenvalue weighted by atomic mass is 9.98. The van der Waals surface area contributed by atoms with Gasteiger partial charge in [-0.15, -0.1) is 5.92 Å². The molecule has 1 fully saturated rings. The fourth-order valence-electron chi connectivity index (χ4n) is 3.91. The molecule has 0 N–H and O–H groups in total. The van der Waals surface area contributed by atoms with Crippen molar-refractivity contribution in [1.29, 1.82) is 0 Å². The van der Waals surface area contributed by atoms with E-state index in [9.17, 15) is 0 Å². The van der Waals surface area contributed by atoms with Gasteiger partial charge in [0.15, 0.2) is 0 Å². The molecule has 0 radical (unpaired) electrons. The van der Waals surface area contributed by atoms with E-state index >= 15 is 0 Å². The second kappa shape index (κ2) is 8.37. The predicted molar refractivity (Wildman–Crippen MR) is 98.0 cm³/mol. The van der Waals surface area contributed by atoms with Crippen molar-refractivity contribution in [2.45, 2.75) is 76.9 Å². The molecule has 2 heterocycles. The van der Waals surface area contributed by atoms with Gasteiger partial charge in [-0.1, -0.05) is 67.7 Å². The fourth-order valence-corrected chi connectivity index (χ4v) is 3.91. The van der Waals surface area contributed by atoms with Gasteiger partial charge in [0, 0.05) is 31.5 Å². The van der Waals surface area contributed by atoms with Crippen LogP contribution in [0.3, 0.4) is 0 Å². The van der Waals surface area contributed by atoms with Crippen molar-refractivity contribution in [2.75, 3.05) is 0 Å². The van der Waals surface area contributed by atoms with Crippen LogP contribution in [0.2, 0.25) is 0 Å². The van der Waals surface area contributed by atoms with Gasteiger partial charge in [0.1, 0.15) is 0 Å². The summed E-state index contributed by atoms with van der Waals surface area (Å²) in [4.78, 5) is 2.70. The van der Waals surface area contributed by atoms with Crippen molar-refractivity contribution in [1.82, 2.24) is 4.90 Å². The first kappa shape index (κ1) is 16.3. The van der Waals surface area contributed by atoms with E-state index in [-0.39, 0.29) is 0 Å². The lowest BCUT2D eigenvalue weighted by Crippen LogP contribution is -2.37. The lowest BCUT2D eigenvalue weighted by molar-refractivity contribution is 0.195. The van der Waals surface area contributed by atoms with E-state index < -0.39 is 0 Å². The highest BCUT2D eigenvalue weighted by Gasteiger charge is 2.35. The Labute approximate surface area is 141 Å². The van der Waals surface area contributed by atoms with Crippen LogP contribution in [0.15, 0.2) is 42.0 Å². The van der Waals surface area contributed by atoms with Gasteiger partial charge in [0.05, 0.1) is 0 Å². The van der Waals surface area contributed by atoms with Crippen LogP contribution in [0, 0.1) is 11.8 Å². The number of rotatable bonds is 6. The van der Waals surface area contributed by atoms with Crippen LogP contribution in [-0.2, 0) is 6.54 Å². The molecule has 3 rings (SSSR count). The first-order valence-corrected chi connectivity index (χ1v) is 9.31. The van der Waals surface area contributed by atoms with E-state index in [0.29, 0.717) is 6.04 Å². The van der Waals surface area contributed by atoms with Crippen LogP contribution in [0.5, 0.6) is 0 Å². The number of benzene rings is 1. The zero-order chi connectivity index (χ0) is 15.9. The Morgan fingerprint density at radius 2 is 1.96 bits per heavy atom. The molecule has 2 unspecified atom stereocenters. The maximum absolute atomic E-state index is 3.41. The van der Waals surface area contributed by atoms with E-state index in [0.717, 1.165) is 25.4 Å². The highest BCUT2D eigenvalue weighted by molar-refractivity contribution is 5.24. The number of hydrogen-bond donors (Lipinski definition) is 0. The monoisotopic (exact) mass is 307 g/mol. The van der Waals surface area contributed by atoms with Gasteiger partial charge in [-0.25, -0.2) is 0 Å². The molecule has 0 spiro atoms. The van der Waals surface area contributed by atoms with Gasteiger partial charge >= 0.3 is 0 Å². The molecule has 0 amide bonds. The Hall–Kier alpha value is -1.52. The summed E-state index contributed by atoms with van der Waals surface area (Å²) in [7, 11) is 0. The summed E-state index contributed by atoms with van der Waals surface area (Å²) in [6, 6.07) is 12.3. The summed E-state index contributed by atoms with van der Waals surface area (Å²) in [6.07, 6.45) is 12.4. The Morgan fingerprint density at radius 1 is 1.09 bits per heavy atom. The smallest absolute Gasteiger partial charge is 0.0300 e. The van der Waals surface area contributed by atoms with Crippen LogP contribution in [0.4, 0.5) is 0 Å². The molecule has 1 heteroatoms. The molecule has 2 bridgehead atoms. The lowest BCUT2D eigenvalue weighted by Gasteiger charge is -2.33. The summed E-state index contributed by atoms with van der Waals surface area (Å²) in [5.74, 6) is 6.77. The fraction of sp³-hybridized carbons (Fsp3) is 0.545. The van der Waals surface area contributed by atoms with Crippen LogP contribution in [0.1, 0.15) is 63.9 Å². The van der Waals surface area contributed by atoms with Crippen LogP contribution in [-0.4, -0.2) is 17.0 Å². The third-order valence-electron chi connectivity index (χ3n) is 5.17. The topological polar surface area (TPSA) is 3.24 Å². The second-order valence-corrected chi connectivity index (χ2v) is 6.97. The van der Waals surface area contributed by atoms with E-state index in [4.69, 9.17) is 0 Å². The Kier molecular flexibility index (Phi) is 5.94. The Balaban J connectivity index is 1.53. The highest BCUT2D eigenvalue weighted by Crippen LogP contribution is 2.36. The maximum atomic E-state index is 3.41. The highest BCUT2D eigenvalue weighted by atomic mass is 15.2. The molecule has 2 aliphatic heterocycles. The number of fused-ring (bicyclic) bond motifs is 2. The van der Waals surface area contributed by atoms with E-state index in [2.05, 4.69) is 60.1 Å². The summed E-state index contributed by atoms with van der Waals surface area (Å²) in [5, 5.41) is 0. The zero-order valence-corrected chi connectivity index (χ0v) is 14.4. The molecular weight excluding hydrogens is 278 g/mol. The van der Waals surface area contributed by atoms with E-state index in [1.54, 1.807) is 5.57 Å². The number of unbranched alkanes of at least 4 members (excludes halogenated alkanes) is 3. The molecule has 1 nitrogen and oxygen atoms in total. The normalized spacial score (nSPS) is 23.3. The third-order valence-corrected chi connectivity index (χ3v) is 5.17. The third kappa shape index (κ3) is 4.49.